The van der Waals surface area contributed by atoms with Crippen LogP contribution in [-0.4, -0.2) is 76.4 Å². The van der Waals surface area contributed by atoms with Crippen molar-refractivity contribution in [3.63, 3.8) is 0 Å². The highest BCUT2D eigenvalue weighted by molar-refractivity contribution is 8.13. The van der Waals surface area contributed by atoms with E-state index in [-0.39, 0.29) is 42.9 Å². The average Bonchev–Trinajstić information content (AvgIpc) is 2.86. The van der Waals surface area contributed by atoms with Gasteiger partial charge >= 0.3 is 0 Å². The third kappa shape index (κ3) is 12.0. The molecule has 1 saturated carbocycles. The summed E-state index contributed by atoms with van der Waals surface area (Å²) in [4.78, 5) is 61.4. The molecule has 0 heterocycles. The van der Waals surface area contributed by atoms with Crippen molar-refractivity contribution in [2.45, 2.75) is 91.2 Å². The van der Waals surface area contributed by atoms with Crippen LogP contribution in [0.4, 0.5) is 0 Å². The largest absolute Gasteiger partial charge is 0.396 e. The summed E-state index contributed by atoms with van der Waals surface area (Å²) in [6.45, 7) is 6.16. The van der Waals surface area contributed by atoms with E-state index in [9.17, 15) is 34.2 Å². The molecule has 212 valence electrons. The second kappa shape index (κ2) is 16.8. The summed E-state index contributed by atoms with van der Waals surface area (Å²) in [6, 6.07) is -0.672. The number of Topliss-reactive ketones (excluding diaryl/α,β-unsaturated/α-hetero) is 1. The lowest BCUT2D eigenvalue weighted by Gasteiger charge is -2.27. The summed E-state index contributed by atoms with van der Waals surface area (Å²) < 4.78 is 0. The van der Waals surface area contributed by atoms with Crippen LogP contribution < -0.4 is 16.0 Å². The fourth-order valence-electron chi connectivity index (χ4n) is 4.27. The quantitative estimate of drug-likeness (QED) is 0.144. The SMILES string of the molecule is CCC(C(C)=O)C(=O)N[C@@H](CC1CCCCC1)C(=O)SCCNC(=O)CCNC(=O)C(O)C(C)(C)CO. The fourth-order valence-corrected chi connectivity index (χ4v) is 5.03. The zero-order chi connectivity index (χ0) is 28.0. The molecule has 0 aliphatic heterocycles. The molecule has 0 bridgehead atoms. The van der Waals surface area contributed by atoms with Crippen molar-refractivity contribution >= 4 is 40.4 Å². The predicted octanol–water partition coefficient (Wildman–Crippen LogP) is 1.32. The van der Waals surface area contributed by atoms with Crippen LogP contribution in [0, 0.1) is 17.3 Å². The minimum Gasteiger partial charge on any atom is -0.396 e. The fraction of sp³-hybridized carbons (Fsp3) is 0.808. The van der Waals surface area contributed by atoms with Crippen LogP contribution in [0.5, 0.6) is 0 Å². The summed E-state index contributed by atoms with van der Waals surface area (Å²) in [6.07, 6.45) is 4.99. The lowest BCUT2D eigenvalue weighted by molar-refractivity contribution is -0.137. The van der Waals surface area contributed by atoms with Gasteiger partial charge in [-0.3, -0.25) is 24.0 Å². The molecule has 11 heteroatoms. The Labute approximate surface area is 224 Å². The van der Waals surface area contributed by atoms with Crippen LogP contribution in [0.1, 0.15) is 79.1 Å². The second-order valence-corrected chi connectivity index (χ2v) is 11.6. The topological polar surface area (TPSA) is 162 Å². The molecule has 0 aromatic heterocycles. The first-order valence-electron chi connectivity index (χ1n) is 13.2. The number of hydrogen-bond donors (Lipinski definition) is 5. The van der Waals surface area contributed by atoms with Gasteiger partial charge in [0.05, 0.1) is 18.6 Å². The summed E-state index contributed by atoms with van der Waals surface area (Å²) >= 11 is 1.04. The molecule has 1 rings (SSSR count). The van der Waals surface area contributed by atoms with Crippen molar-refractivity contribution in [3.05, 3.63) is 0 Å². The Morgan fingerprint density at radius 3 is 2.22 bits per heavy atom. The highest BCUT2D eigenvalue weighted by Gasteiger charge is 2.33. The van der Waals surface area contributed by atoms with E-state index in [1.54, 1.807) is 20.8 Å². The highest BCUT2D eigenvalue weighted by Crippen LogP contribution is 2.28. The second-order valence-electron chi connectivity index (χ2n) is 10.5. The lowest BCUT2D eigenvalue weighted by atomic mass is 9.85. The number of carbonyl (C=O) groups excluding carboxylic acids is 5. The van der Waals surface area contributed by atoms with Gasteiger partial charge in [0.2, 0.25) is 22.8 Å². The maximum atomic E-state index is 13.0. The van der Waals surface area contributed by atoms with E-state index >= 15 is 0 Å². The van der Waals surface area contributed by atoms with E-state index in [0.29, 0.717) is 24.5 Å². The Kier molecular flexibility index (Phi) is 15.0. The lowest BCUT2D eigenvalue weighted by Crippen LogP contribution is -2.46. The van der Waals surface area contributed by atoms with Gasteiger partial charge in [-0.2, -0.15) is 0 Å². The zero-order valence-electron chi connectivity index (χ0n) is 22.6. The number of amides is 3. The Morgan fingerprint density at radius 1 is 1.00 bits per heavy atom. The van der Waals surface area contributed by atoms with Gasteiger partial charge < -0.3 is 26.2 Å². The minimum absolute atomic E-state index is 0.000438. The maximum absolute atomic E-state index is 13.0. The number of carbonyl (C=O) groups is 5. The minimum atomic E-state index is -1.40. The molecule has 37 heavy (non-hydrogen) atoms. The van der Waals surface area contributed by atoms with Gasteiger partial charge in [0.25, 0.3) is 0 Å². The monoisotopic (exact) mass is 543 g/mol. The predicted molar refractivity (Wildman–Crippen MR) is 143 cm³/mol. The molecule has 0 radical (unpaired) electrons. The molecule has 1 aliphatic rings. The number of ketones is 1. The normalized spacial score (nSPS) is 16.8. The van der Waals surface area contributed by atoms with Crippen molar-refractivity contribution in [2.24, 2.45) is 17.3 Å². The summed E-state index contributed by atoms with van der Waals surface area (Å²) in [7, 11) is 0. The third-order valence-electron chi connectivity index (χ3n) is 6.83. The van der Waals surface area contributed by atoms with E-state index < -0.39 is 35.3 Å². The van der Waals surface area contributed by atoms with Gasteiger partial charge in [0.1, 0.15) is 11.9 Å². The molecule has 0 saturated heterocycles. The van der Waals surface area contributed by atoms with Gasteiger partial charge in [-0.15, -0.1) is 0 Å². The summed E-state index contributed by atoms with van der Waals surface area (Å²) in [5, 5.41) is 27.0. The van der Waals surface area contributed by atoms with E-state index in [2.05, 4.69) is 16.0 Å². The number of thioether (sulfide) groups is 1. The van der Waals surface area contributed by atoms with Crippen LogP contribution in [-0.2, 0) is 24.0 Å². The van der Waals surface area contributed by atoms with Gasteiger partial charge in [-0.05, 0) is 25.7 Å². The van der Waals surface area contributed by atoms with Gasteiger partial charge in [0, 0.05) is 30.7 Å². The first-order chi connectivity index (χ1) is 17.4. The summed E-state index contributed by atoms with van der Waals surface area (Å²) in [5.41, 5.74) is -0.992. The molecule has 3 atom stereocenters. The Morgan fingerprint density at radius 2 is 1.65 bits per heavy atom. The molecule has 0 spiro atoms. The van der Waals surface area contributed by atoms with Crippen molar-refractivity contribution in [3.8, 4) is 0 Å². The number of aliphatic hydroxyl groups is 2. The highest BCUT2D eigenvalue weighted by atomic mass is 32.2. The van der Waals surface area contributed by atoms with Crippen LogP contribution in [0.3, 0.4) is 0 Å². The Balaban J connectivity index is 2.49. The van der Waals surface area contributed by atoms with E-state index in [4.69, 9.17) is 0 Å². The first kappa shape index (κ1) is 33.0. The molecule has 10 nitrogen and oxygen atoms in total. The standard InChI is InChI=1S/C26H45N3O7S/c1-5-19(17(2)31)23(34)29-20(15-18-9-7-6-8-10-18)25(36)37-14-13-27-21(32)11-12-28-24(35)22(33)26(3,4)16-30/h18-20,22,30,33H,5-16H2,1-4H3,(H,27,32)(H,28,35)(H,29,34)/t19?,20-,22?/m0/s1. The molecule has 5 N–H and O–H groups in total. The third-order valence-corrected chi connectivity index (χ3v) is 7.80. The maximum Gasteiger partial charge on any atom is 0.249 e. The van der Waals surface area contributed by atoms with Crippen molar-refractivity contribution < 1.29 is 34.2 Å². The molecule has 1 fully saturated rings. The first-order valence-corrected chi connectivity index (χ1v) is 14.2. The number of rotatable bonds is 16. The van der Waals surface area contributed by atoms with Gasteiger partial charge in [-0.1, -0.05) is 64.6 Å². The molecule has 2 unspecified atom stereocenters. The van der Waals surface area contributed by atoms with Crippen molar-refractivity contribution in [1.29, 1.82) is 0 Å². The number of aliphatic hydroxyl groups excluding tert-OH is 2. The molecule has 0 aromatic carbocycles. The van der Waals surface area contributed by atoms with Crippen LogP contribution in [0.2, 0.25) is 0 Å². The molecule has 0 aromatic rings. The van der Waals surface area contributed by atoms with Crippen LogP contribution >= 0.6 is 11.8 Å². The molecular formula is C26H45N3O7S. The van der Waals surface area contributed by atoms with Crippen molar-refractivity contribution in [2.75, 3.05) is 25.4 Å². The number of nitrogens with one attached hydrogen (secondary N) is 3. The average molecular weight is 544 g/mol. The van der Waals surface area contributed by atoms with Gasteiger partial charge in [0.15, 0.2) is 0 Å². The Hall–Kier alpha value is -1.98. The van der Waals surface area contributed by atoms with Crippen molar-refractivity contribution in [1.82, 2.24) is 16.0 Å². The van der Waals surface area contributed by atoms with E-state index in [1.165, 1.54) is 13.3 Å². The zero-order valence-corrected chi connectivity index (χ0v) is 23.5. The van der Waals surface area contributed by atoms with E-state index in [1.807, 2.05) is 0 Å². The van der Waals surface area contributed by atoms with Crippen LogP contribution in [0.15, 0.2) is 0 Å². The molecule has 3 amide bonds. The van der Waals surface area contributed by atoms with E-state index in [0.717, 1.165) is 37.4 Å². The number of hydrogen-bond acceptors (Lipinski definition) is 8. The molecular weight excluding hydrogens is 498 g/mol. The smallest absolute Gasteiger partial charge is 0.249 e. The Bertz CT molecular complexity index is 784. The summed E-state index contributed by atoms with van der Waals surface area (Å²) in [5.74, 6) is -1.69. The molecule has 1 aliphatic carbocycles. The van der Waals surface area contributed by atoms with Crippen LogP contribution in [0.25, 0.3) is 0 Å². The van der Waals surface area contributed by atoms with Gasteiger partial charge in [-0.25, -0.2) is 0 Å².